The number of benzene rings is 9. The highest BCUT2D eigenvalue weighted by atomic mass is 15.0. The summed E-state index contributed by atoms with van der Waals surface area (Å²) in [5.74, 6) is 1.89. The van der Waals surface area contributed by atoms with E-state index in [1.165, 1.54) is 43.4 Å². The van der Waals surface area contributed by atoms with Gasteiger partial charge in [-0.05, 0) is 88.6 Å². The molecule has 60 heavy (non-hydrogen) atoms. The largest absolute Gasteiger partial charge is 0.309 e. The smallest absolute Gasteiger partial charge is 0.164 e. The van der Waals surface area contributed by atoms with Gasteiger partial charge in [-0.1, -0.05) is 146 Å². The number of fused-ring (bicyclic) bond motifs is 7. The molecule has 5 nitrogen and oxygen atoms in total. The zero-order chi connectivity index (χ0) is 39.6. The molecule has 0 unspecified atom stereocenters. The van der Waals surface area contributed by atoms with Crippen molar-refractivity contribution >= 4 is 54.4 Å². The maximum atomic E-state index is 5.12. The monoisotopic (exact) mass is 765 g/mol. The van der Waals surface area contributed by atoms with E-state index in [0.717, 1.165) is 50.2 Å². The van der Waals surface area contributed by atoms with E-state index in [4.69, 9.17) is 15.0 Å². The summed E-state index contributed by atoms with van der Waals surface area (Å²) in [7, 11) is 0. The van der Waals surface area contributed by atoms with Crippen LogP contribution in [0.5, 0.6) is 0 Å². The molecule has 12 rings (SSSR count). The van der Waals surface area contributed by atoms with Crippen LogP contribution in [0.3, 0.4) is 0 Å². The SMILES string of the molecule is c1ccc(-c2cccc(-c3nc(-c4ccccc4)nc(-c4ccc(-n5c6cc(-n7c8ccccc8c8ccccc87)ccc6c6cc7ccccc7cc65)cc4)n3)c2)cc1. The first-order chi connectivity index (χ1) is 29.7. The van der Waals surface area contributed by atoms with Crippen molar-refractivity contribution in [2.24, 2.45) is 0 Å². The lowest BCUT2D eigenvalue weighted by molar-refractivity contribution is 1.07. The van der Waals surface area contributed by atoms with E-state index in [1.807, 2.05) is 36.4 Å². The minimum absolute atomic E-state index is 0.623. The second kappa shape index (κ2) is 13.8. The van der Waals surface area contributed by atoms with Gasteiger partial charge >= 0.3 is 0 Å². The summed E-state index contributed by atoms with van der Waals surface area (Å²) in [6.07, 6.45) is 0. The fourth-order valence-electron chi connectivity index (χ4n) is 8.89. The van der Waals surface area contributed by atoms with Crippen LogP contribution >= 0.6 is 0 Å². The van der Waals surface area contributed by atoms with Gasteiger partial charge in [-0.2, -0.15) is 0 Å². The Morgan fingerprint density at radius 1 is 0.250 bits per heavy atom. The van der Waals surface area contributed by atoms with Crippen LogP contribution in [0.4, 0.5) is 0 Å². The number of nitrogens with zero attached hydrogens (tertiary/aromatic N) is 5. The molecule has 3 aromatic heterocycles. The van der Waals surface area contributed by atoms with Gasteiger partial charge in [0.25, 0.3) is 0 Å². The van der Waals surface area contributed by atoms with Crippen LogP contribution in [-0.2, 0) is 0 Å². The number of rotatable bonds is 6. The number of hydrogen-bond acceptors (Lipinski definition) is 3. The summed E-state index contributed by atoms with van der Waals surface area (Å²) in [6.45, 7) is 0. The molecule has 0 N–H and O–H groups in total. The molecule has 0 saturated heterocycles. The van der Waals surface area contributed by atoms with Crippen molar-refractivity contribution in [2.45, 2.75) is 0 Å². The predicted molar refractivity (Wildman–Crippen MR) is 248 cm³/mol. The highest BCUT2D eigenvalue weighted by Gasteiger charge is 2.18. The molecule has 0 atom stereocenters. The van der Waals surface area contributed by atoms with E-state index in [9.17, 15) is 0 Å². The van der Waals surface area contributed by atoms with E-state index >= 15 is 0 Å². The van der Waals surface area contributed by atoms with Crippen molar-refractivity contribution in [3.63, 3.8) is 0 Å². The first-order valence-electron chi connectivity index (χ1n) is 20.3. The molecular weight excluding hydrogens is 731 g/mol. The molecule has 0 aliphatic carbocycles. The average molecular weight is 766 g/mol. The van der Waals surface area contributed by atoms with Crippen LogP contribution in [0.2, 0.25) is 0 Å². The van der Waals surface area contributed by atoms with Crippen LogP contribution in [-0.4, -0.2) is 24.1 Å². The summed E-state index contributed by atoms with van der Waals surface area (Å²) < 4.78 is 4.80. The Kier molecular flexibility index (Phi) is 7.78. The molecule has 0 fully saturated rings. The van der Waals surface area contributed by atoms with E-state index in [-0.39, 0.29) is 0 Å². The van der Waals surface area contributed by atoms with E-state index in [1.54, 1.807) is 0 Å². The van der Waals surface area contributed by atoms with Gasteiger partial charge in [0.05, 0.1) is 22.1 Å². The lowest BCUT2D eigenvalue weighted by atomic mass is 10.0. The number of hydrogen-bond donors (Lipinski definition) is 0. The number of para-hydroxylation sites is 2. The Bertz CT molecular complexity index is 3530. The summed E-state index contributed by atoms with van der Waals surface area (Å²) in [5, 5.41) is 7.34. The first kappa shape index (κ1) is 33.9. The van der Waals surface area contributed by atoms with E-state index < -0.39 is 0 Å². The summed E-state index contributed by atoms with van der Waals surface area (Å²) in [4.78, 5) is 15.2. The maximum Gasteiger partial charge on any atom is 0.164 e. The van der Waals surface area contributed by atoms with Gasteiger partial charge in [-0.3, -0.25) is 0 Å². The van der Waals surface area contributed by atoms with Gasteiger partial charge < -0.3 is 9.13 Å². The normalized spacial score (nSPS) is 11.7. The topological polar surface area (TPSA) is 48.5 Å². The molecular formula is C55H35N5. The second-order valence-corrected chi connectivity index (χ2v) is 15.3. The maximum absolute atomic E-state index is 5.12. The van der Waals surface area contributed by atoms with Gasteiger partial charge in [0, 0.05) is 49.6 Å². The highest BCUT2D eigenvalue weighted by molar-refractivity contribution is 6.15. The van der Waals surface area contributed by atoms with Crippen LogP contribution in [0.15, 0.2) is 212 Å². The molecule has 3 heterocycles. The standard InChI is InChI=1S/C55H35N5/c1-3-14-36(15-4-1)39-20-13-21-42(32-39)55-57-53(37-16-5-2-6-17-37)56-54(58-55)38-26-28-43(29-27-38)59-51-34-41-19-8-7-18-40(41)33-48(51)47-31-30-44(35-52(47)59)60-49-24-11-9-22-45(49)46-23-10-12-25-50(46)60/h1-35H. The summed E-state index contributed by atoms with van der Waals surface area (Å²) in [6, 6.07) is 75.2. The van der Waals surface area contributed by atoms with Gasteiger partial charge in [0.2, 0.25) is 0 Å². The Morgan fingerprint density at radius 3 is 1.40 bits per heavy atom. The molecule has 0 aliphatic heterocycles. The molecule has 280 valence electrons. The van der Waals surface area contributed by atoms with Gasteiger partial charge in [-0.15, -0.1) is 0 Å². The quantitative estimate of drug-likeness (QED) is 0.169. The van der Waals surface area contributed by atoms with Gasteiger partial charge in [-0.25, -0.2) is 15.0 Å². The van der Waals surface area contributed by atoms with Crippen LogP contribution in [0.25, 0.3) is 111 Å². The van der Waals surface area contributed by atoms with Gasteiger partial charge in [0.1, 0.15) is 0 Å². The van der Waals surface area contributed by atoms with Gasteiger partial charge in [0.15, 0.2) is 17.5 Å². The Balaban J connectivity index is 1.03. The van der Waals surface area contributed by atoms with Crippen molar-refractivity contribution in [1.29, 1.82) is 0 Å². The highest BCUT2D eigenvalue weighted by Crippen LogP contribution is 2.39. The molecule has 12 aromatic rings. The van der Waals surface area contributed by atoms with Crippen LogP contribution in [0.1, 0.15) is 0 Å². The Labute approximate surface area is 346 Å². The molecule has 0 radical (unpaired) electrons. The van der Waals surface area contributed by atoms with Crippen molar-refractivity contribution in [3.05, 3.63) is 212 Å². The summed E-state index contributed by atoms with van der Waals surface area (Å²) >= 11 is 0. The zero-order valence-electron chi connectivity index (χ0n) is 32.4. The predicted octanol–water partition coefficient (Wildman–Crippen LogP) is 13.9. The van der Waals surface area contributed by atoms with E-state index in [2.05, 4.69) is 185 Å². The fraction of sp³-hybridized carbons (Fsp3) is 0. The minimum atomic E-state index is 0.623. The molecule has 0 amide bonds. The molecule has 0 bridgehead atoms. The molecule has 5 heteroatoms. The molecule has 9 aromatic carbocycles. The van der Waals surface area contributed by atoms with Crippen molar-refractivity contribution in [3.8, 4) is 56.7 Å². The molecule has 0 spiro atoms. The lowest BCUT2D eigenvalue weighted by Crippen LogP contribution is -2.01. The Morgan fingerprint density at radius 2 is 0.717 bits per heavy atom. The second-order valence-electron chi connectivity index (χ2n) is 15.3. The zero-order valence-corrected chi connectivity index (χ0v) is 32.4. The first-order valence-corrected chi connectivity index (χ1v) is 20.3. The van der Waals surface area contributed by atoms with Crippen LogP contribution in [0, 0.1) is 0 Å². The molecule has 0 aliphatic rings. The van der Waals surface area contributed by atoms with Crippen molar-refractivity contribution in [1.82, 2.24) is 24.1 Å². The van der Waals surface area contributed by atoms with E-state index in [0.29, 0.717) is 17.5 Å². The molecule has 0 saturated carbocycles. The average Bonchev–Trinajstić information content (AvgIpc) is 3.83. The fourth-order valence-corrected chi connectivity index (χ4v) is 8.89. The number of aromatic nitrogens is 5. The van der Waals surface area contributed by atoms with Crippen molar-refractivity contribution < 1.29 is 0 Å². The third-order valence-electron chi connectivity index (χ3n) is 11.7. The van der Waals surface area contributed by atoms with Crippen LogP contribution < -0.4 is 0 Å². The Hall–Kier alpha value is -8.15. The minimum Gasteiger partial charge on any atom is -0.309 e. The van der Waals surface area contributed by atoms with Crippen molar-refractivity contribution in [2.75, 3.05) is 0 Å². The lowest BCUT2D eigenvalue weighted by Gasteiger charge is -2.12. The summed E-state index contributed by atoms with van der Waals surface area (Å²) in [5.41, 5.74) is 11.9. The third-order valence-corrected chi connectivity index (χ3v) is 11.7. The third kappa shape index (κ3) is 5.59.